The number of alkyl halides is 1. The highest BCUT2D eigenvalue weighted by molar-refractivity contribution is 6.26. The summed E-state index contributed by atoms with van der Waals surface area (Å²) in [7, 11) is 0. The lowest BCUT2D eigenvalue weighted by atomic mass is 9.64. The Hall–Kier alpha value is -1.53. The Morgan fingerprint density at radius 1 is 1.31 bits per heavy atom. The van der Waals surface area contributed by atoms with Gasteiger partial charge in [-0.15, -0.1) is 11.6 Å². The molecule has 6 nitrogen and oxygen atoms in total. The van der Waals surface area contributed by atoms with Crippen LogP contribution in [0.1, 0.15) is 40.0 Å². The number of aliphatic hydroxyl groups is 1. The van der Waals surface area contributed by atoms with Gasteiger partial charge in [-0.2, -0.15) is 0 Å². The van der Waals surface area contributed by atoms with Crippen molar-refractivity contribution in [3.8, 4) is 0 Å². The summed E-state index contributed by atoms with van der Waals surface area (Å²) in [5, 5.41) is 11.4. The van der Waals surface area contributed by atoms with E-state index in [1.807, 2.05) is 6.92 Å². The van der Waals surface area contributed by atoms with Crippen LogP contribution in [-0.4, -0.2) is 46.8 Å². The van der Waals surface area contributed by atoms with E-state index in [0.717, 1.165) is 25.0 Å². The molecule has 3 fully saturated rings. The molecule has 0 spiro atoms. The minimum absolute atomic E-state index is 0.00970. The first-order valence-corrected chi connectivity index (χ1v) is 12.5. The zero-order valence-electron chi connectivity index (χ0n) is 18.7. The Kier molecular flexibility index (Phi) is 4.59. The topological polar surface area (TPSA) is 82.1 Å². The van der Waals surface area contributed by atoms with E-state index in [2.05, 4.69) is 26.0 Å². The molecule has 1 saturated heterocycles. The highest BCUT2D eigenvalue weighted by atomic mass is 35.5. The Bertz CT molecular complexity index is 927. The van der Waals surface area contributed by atoms with Crippen LogP contribution in [-0.2, 0) is 23.8 Å². The predicted molar refractivity (Wildman–Crippen MR) is 115 cm³/mol. The molecule has 3 bridgehead atoms. The van der Waals surface area contributed by atoms with Crippen molar-refractivity contribution in [2.75, 3.05) is 5.88 Å². The summed E-state index contributed by atoms with van der Waals surface area (Å²) in [6.07, 6.45) is 5.85. The Balaban J connectivity index is 1.45. The van der Waals surface area contributed by atoms with Gasteiger partial charge in [0.15, 0.2) is 0 Å². The first kappa shape index (κ1) is 21.0. The Labute approximate surface area is 193 Å². The molecular weight excluding hydrogens is 432 g/mol. The maximum absolute atomic E-state index is 13.2. The second kappa shape index (κ2) is 6.99. The zero-order chi connectivity index (χ0) is 22.5. The second-order valence-corrected chi connectivity index (χ2v) is 11.3. The highest BCUT2D eigenvalue weighted by Gasteiger charge is 2.66. The fraction of sp³-hybridized carbons (Fsp3) is 0.760. The van der Waals surface area contributed by atoms with Crippen molar-refractivity contribution in [1.29, 1.82) is 0 Å². The van der Waals surface area contributed by atoms with Crippen LogP contribution in [0, 0.1) is 47.3 Å². The van der Waals surface area contributed by atoms with Crippen LogP contribution >= 0.6 is 11.6 Å². The minimum Gasteiger partial charge on any atom is -0.491 e. The van der Waals surface area contributed by atoms with Crippen molar-refractivity contribution < 1.29 is 28.9 Å². The number of carbonyl (C=O) groups is 2. The molecule has 6 aliphatic rings. The molecule has 0 aromatic carbocycles. The Morgan fingerprint density at radius 2 is 2.09 bits per heavy atom. The lowest BCUT2D eigenvalue weighted by Crippen LogP contribution is -2.49. The molecule has 0 aromatic heterocycles. The van der Waals surface area contributed by atoms with Gasteiger partial charge in [-0.3, -0.25) is 4.79 Å². The highest BCUT2D eigenvalue weighted by Crippen LogP contribution is 2.65. The van der Waals surface area contributed by atoms with Gasteiger partial charge in [-0.25, -0.2) is 4.79 Å². The summed E-state index contributed by atoms with van der Waals surface area (Å²) in [6.45, 7) is 6.24. The molecule has 2 saturated carbocycles. The number of hydrogen-bond donors (Lipinski definition) is 1. The number of halogens is 1. The molecule has 0 amide bonds. The van der Waals surface area contributed by atoms with Gasteiger partial charge in [0, 0.05) is 23.7 Å². The largest absolute Gasteiger partial charge is 0.491 e. The molecule has 0 unspecified atom stereocenters. The third-order valence-corrected chi connectivity index (χ3v) is 9.86. The molecule has 3 heterocycles. The number of fused-ring (bicyclic) bond motifs is 9. The first-order chi connectivity index (χ1) is 15.2. The van der Waals surface area contributed by atoms with Gasteiger partial charge in [0.1, 0.15) is 29.4 Å². The lowest BCUT2D eigenvalue weighted by molar-refractivity contribution is -0.154. The van der Waals surface area contributed by atoms with Crippen molar-refractivity contribution in [1.82, 2.24) is 0 Å². The summed E-state index contributed by atoms with van der Waals surface area (Å²) < 4.78 is 18.2. The van der Waals surface area contributed by atoms with Crippen LogP contribution in [0.5, 0.6) is 0 Å². The third kappa shape index (κ3) is 2.62. The van der Waals surface area contributed by atoms with E-state index in [9.17, 15) is 14.7 Å². The predicted octanol–water partition coefficient (Wildman–Crippen LogP) is 3.22. The van der Waals surface area contributed by atoms with Gasteiger partial charge in [0.25, 0.3) is 0 Å². The van der Waals surface area contributed by atoms with Crippen LogP contribution in [0.4, 0.5) is 0 Å². The van der Waals surface area contributed by atoms with Gasteiger partial charge in [0.05, 0.1) is 17.6 Å². The summed E-state index contributed by atoms with van der Waals surface area (Å²) in [4.78, 5) is 25.2. The molecule has 12 atom stereocenters. The van der Waals surface area contributed by atoms with E-state index in [0.29, 0.717) is 5.57 Å². The summed E-state index contributed by atoms with van der Waals surface area (Å²) >= 11 is 5.70. The van der Waals surface area contributed by atoms with E-state index in [-0.39, 0.29) is 70.9 Å². The van der Waals surface area contributed by atoms with Crippen molar-refractivity contribution in [2.45, 2.75) is 63.9 Å². The third-order valence-electron chi connectivity index (χ3n) is 9.65. The second-order valence-electron chi connectivity index (χ2n) is 11.1. The number of esters is 2. The molecule has 3 aliphatic carbocycles. The molecule has 6 rings (SSSR count). The maximum Gasteiger partial charge on any atom is 0.338 e. The molecular formula is C25H31ClO6. The summed E-state index contributed by atoms with van der Waals surface area (Å²) in [5.74, 6) is 0.162. The lowest BCUT2D eigenvalue weighted by Gasteiger charge is -2.48. The van der Waals surface area contributed by atoms with Crippen molar-refractivity contribution in [2.24, 2.45) is 47.3 Å². The van der Waals surface area contributed by atoms with Crippen molar-refractivity contribution >= 4 is 23.5 Å². The quantitative estimate of drug-likeness (QED) is 0.385. The van der Waals surface area contributed by atoms with Crippen LogP contribution in [0.2, 0.25) is 0 Å². The molecule has 7 heteroatoms. The molecule has 3 aliphatic heterocycles. The average molecular weight is 463 g/mol. The van der Waals surface area contributed by atoms with Gasteiger partial charge < -0.3 is 19.3 Å². The first-order valence-electron chi connectivity index (χ1n) is 12.0. The van der Waals surface area contributed by atoms with Crippen LogP contribution in [0.25, 0.3) is 0 Å². The monoisotopic (exact) mass is 462 g/mol. The zero-order valence-corrected chi connectivity index (χ0v) is 19.5. The summed E-state index contributed by atoms with van der Waals surface area (Å²) in [5.41, 5.74) is 0.377. The van der Waals surface area contributed by atoms with Crippen LogP contribution in [0.3, 0.4) is 0 Å². The smallest absolute Gasteiger partial charge is 0.338 e. The molecule has 0 radical (unpaired) electrons. The molecule has 1 N–H and O–H groups in total. The van der Waals surface area contributed by atoms with E-state index in [1.54, 1.807) is 0 Å². The van der Waals surface area contributed by atoms with E-state index < -0.39 is 18.2 Å². The van der Waals surface area contributed by atoms with E-state index in [4.69, 9.17) is 25.8 Å². The van der Waals surface area contributed by atoms with E-state index >= 15 is 0 Å². The summed E-state index contributed by atoms with van der Waals surface area (Å²) in [6, 6.07) is 0. The number of rotatable bonds is 2. The number of carbonyl (C=O) groups excluding carboxylic acids is 2. The number of aliphatic hydroxyl groups excluding tert-OH is 1. The van der Waals surface area contributed by atoms with Crippen LogP contribution in [0.15, 0.2) is 23.5 Å². The fourth-order valence-corrected chi connectivity index (χ4v) is 8.22. The van der Waals surface area contributed by atoms with Crippen molar-refractivity contribution in [3.63, 3.8) is 0 Å². The van der Waals surface area contributed by atoms with Gasteiger partial charge in [-0.1, -0.05) is 26.0 Å². The maximum atomic E-state index is 13.2. The minimum atomic E-state index is -0.614. The Morgan fingerprint density at radius 3 is 2.84 bits per heavy atom. The van der Waals surface area contributed by atoms with Crippen molar-refractivity contribution in [3.05, 3.63) is 23.5 Å². The van der Waals surface area contributed by atoms with Gasteiger partial charge in [0.2, 0.25) is 0 Å². The number of hydrogen-bond acceptors (Lipinski definition) is 6. The normalized spacial score (nSPS) is 52.5. The molecule has 174 valence electrons. The average Bonchev–Trinajstić information content (AvgIpc) is 3.26. The molecule has 32 heavy (non-hydrogen) atoms. The van der Waals surface area contributed by atoms with Gasteiger partial charge >= 0.3 is 11.9 Å². The molecule has 0 aromatic rings. The SMILES string of the molecule is C[C@@H]1[C@@H](O)[C@H]2[C@@H](C=C[C@@H]3C[C@@H]4[C@@H](C5=C6O[C@]4(C)CC[C@@H](OC5=O)[C@@H]6C)[C@H]23)[C@H]1OC(=O)CCl. The van der Waals surface area contributed by atoms with E-state index in [1.165, 1.54) is 0 Å². The number of ether oxygens (including phenoxy) is 3. The van der Waals surface area contributed by atoms with Crippen LogP contribution < -0.4 is 0 Å². The standard InChI is InChI=1S/C25H31ClO6/c1-10-15-6-7-25(3)14-8-12-4-5-13-18(21(28)11(2)22(13)31-16(27)9-26)17(12)19(14)20(23(10)32-25)24(29)30-15/h4-5,10-15,17-19,21-22,28H,6-9H2,1-3H3/t10-,11+,12+,13+,14+,15+,17-,18-,19+,21+,22-,25+/m0/s1. The number of allylic oxidation sites excluding steroid dienone is 1. The fourth-order valence-electron chi connectivity index (χ4n) is 8.16. The van der Waals surface area contributed by atoms with Gasteiger partial charge in [-0.05, 0) is 43.9 Å².